The highest BCUT2D eigenvalue weighted by Crippen LogP contribution is 2.37. The molecule has 0 aliphatic heterocycles. The van der Waals surface area contributed by atoms with Gasteiger partial charge in [-0.1, -0.05) is 47.6 Å². The fourth-order valence-corrected chi connectivity index (χ4v) is 3.95. The molecule has 2 aromatic heterocycles. The predicted octanol–water partition coefficient (Wildman–Crippen LogP) is 4.99. The fourth-order valence-electron chi connectivity index (χ4n) is 2.88. The van der Waals surface area contributed by atoms with Gasteiger partial charge in [0, 0.05) is 16.3 Å². The summed E-state index contributed by atoms with van der Waals surface area (Å²) >= 11 is 7.37. The normalized spacial score (nSPS) is 11.7. The maximum atomic E-state index is 13.7. The van der Waals surface area contributed by atoms with Gasteiger partial charge in [0.1, 0.15) is 12.7 Å². The summed E-state index contributed by atoms with van der Waals surface area (Å²) in [5.74, 6) is 0.794. The Morgan fingerprint density at radius 2 is 1.87 bits per heavy atom. The van der Waals surface area contributed by atoms with Crippen molar-refractivity contribution in [2.75, 3.05) is 5.75 Å². The van der Waals surface area contributed by atoms with Crippen molar-refractivity contribution in [3.63, 3.8) is 0 Å². The molecule has 0 bridgehead atoms. The molecule has 2 aromatic carbocycles. The predicted molar refractivity (Wildman–Crippen MR) is 108 cm³/mol. The Hall–Kier alpha value is -2.85. The van der Waals surface area contributed by atoms with Crippen molar-refractivity contribution >= 4 is 23.4 Å². The Balaban J connectivity index is 1.79. The standard InChI is InChI=1S/C19H14ClF3N6S/c20-14-5-3-4-13(10-14)17-26-27-18(30-9-8-28-12-24-11-25-28)29(17)16-7-2-1-6-15(16)19(21,22)23/h1-7,10-12H,8-9H2. The van der Waals surface area contributed by atoms with Gasteiger partial charge in [0.25, 0.3) is 0 Å². The van der Waals surface area contributed by atoms with E-state index >= 15 is 0 Å². The summed E-state index contributed by atoms with van der Waals surface area (Å²) in [7, 11) is 0. The number of alkyl halides is 3. The van der Waals surface area contributed by atoms with E-state index < -0.39 is 11.7 Å². The Kier molecular flexibility index (Phi) is 5.78. The Labute approximate surface area is 178 Å². The summed E-state index contributed by atoms with van der Waals surface area (Å²) in [5.41, 5.74) is -0.255. The third-order valence-electron chi connectivity index (χ3n) is 4.18. The number of para-hydroxylation sites is 1. The lowest BCUT2D eigenvalue weighted by Gasteiger charge is -2.16. The number of benzene rings is 2. The van der Waals surface area contributed by atoms with Gasteiger partial charge in [-0.2, -0.15) is 18.3 Å². The van der Waals surface area contributed by atoms with Crippen molar-refractivity contribution in [3.8, 4) is 17.1 Å². The van der Waals surface area contributed by atoms with E-state index in [4.69, 9.17) is 11.6 Å². The van der Waals surface area contributed by atoms with Gasteiger partial charge in [0.15, 0.2) is 11.0 Å². The molecule has 154 valence electrons. The van der Waals surface area contributed by atoms with Gasteiger partial charge in [-0.15, -0.1) is 10.2 Å². The number of hydrogen-bond acceptors (Lipinski definition) is 5. The molecule has 0 aliphatic rings. The van der Waals surface area contributed by atoms with E-state index in [9.17, 15) is 13.2 Å². The maximum absolute atomic E-state index is 13.7. The SMILES string of the molecule is FC(F)(F)c1ccccc1-n1c(SCCn2cncn2)nnc1-c1cccc(Cl)c1. The molecule has 0 aliphatic carbocycles. The van der Waals surface area contributed by atoms with Crippen molar-refractivity contribution in [3.05, 3.63) is 71.8 Å². The minimum atomic E-state index is -4.53. The van der Waals surface area contributed by atoms with E-state index in [1.165, 1.54) is 34.8 Å². The molecule has 0 saturated heterocycles. The van der Waals surface area contributed by atoms with E-state index in [1.54, 1.807) is 41.3 Å². The lowest BCUT2D eigenvalue weighted by Crippen LogP contribution is -2.12. The first-order valence-corrected chi connectivity index (χ1v) is 10.1. The molecule has 0 unspecified atom stereocenters. The smallest absolute Gasteiger partial charge is 0.269 e. The first-order valence-electron chi connectivity index (χ1n) is 8.76. The van der Waals surface area contributed by atoms with E-state index in [2.05, 4.69) is 20.3 Å². The topological polar surface area (TPSA) is 61.4 Å². The lowest BCUT2D eigenvalue weighted by molar-refractivity contribution is -0.137. The van der Waals surface area contributed by atoms with Crippen LogP contribution in [0, 0.1) is 0 Å². The molecule has 0 atom stereocenters. The van der Waals surface area contributed by atoms with Crippen LogP contribution in [0.4, 0.5) is 13.2 Å². The zero-order valence-electron chi connectivity index (χ0n) is 15.3. The quantitative estimate of drug-likeness (QED) is 0.387. The lowest BCUT2D eigenvalue weighted by atomic mass is 10.1. The Morgan fingerprint density at radius 1 is 1.03 bits per heavy atom. The number of aryl methyl sites for hydroxylation is 1. The number of thioether (sulfide) groups is 1. The van der Waals surface area contributed by atoms with Crippen LogP contribution in [0.5, 0.6) is 0 Å². The molecule has 4 rings (SSSR count). The van der Waals surface area contributed by atoms with Crippen LogP contribution in [0.3, 0.4) is 0 Å². The number of nitrogens with zero attached hydrogens (tertiary/aromatic N) is 6. The van der Waals surface area contributed by atoms with Gasteiger partial charge in [-0.05, 0) is 24.3 Å². The van der Waals surface area contributed by atoms with Crippen LogP contribution >= 0.6 is 23.4 Å². The number of rotatable bonds is 6. The Morgan fingerprint density at radius 3 is 2.60 bits per heavy atom. The second-order valence-electron chi connectivity index (χ2n) is 6.17. The molecule has 0 fully saturated rings. The van der Waals surface area contributed by atoms with Crippen LogP contribution in [0.2, 0.25) is 5.02 Å². The summed E-state index contributed by atoms with van der Waals surface area (Å²) in [5, 5.41) is 13.1. The van der Waals surface area contributed by atoms with Crippen LogP contribution < -0.4 is 0 Å². The monoisotopic (exact) mass is 450 g/mol. The fraction of sp³-hybridized carbons (Fsp3) is 0.158. The first kappa shape index (κ1) is 20.4. The van der Waals surface area contributed by atoms with Gasteiger partial charge in [0.2, 0.25) is 0 Å². The van der Waals surface area contributed by atoms with Crippen LogP contribution in [0.25, 0.3) is 17.1 Å². The van der Waals surface area contributed by atoms with Gasteiger partial charge in [0.05, 0.1) is 17.8 Å². The molecule has 2 heterocycles. The van der Waals surface area contributed by atoms with Gasteiger partial charge in [-0.25, -0.2) is 4.98 Å². The minimum absolute atomic E-state index is 0.0479. The van der Waals surface area contributed by atoms with Crippen LogP contribution in [-0.2, 0) is 12.7 Å². The largest absolute Gasteiger partial charge is 0.418 e. The van der Waals surface area contributed by atoms with E-state index in [0.717, 1.165) is 6.07 Å². The molecule has 0 amide bonds. The zero-order valence-corrected chi connectivity index (χ0v) is 16.9. The van der Waals surface area contributed by atoms with Gasteiger partial charge >= 0.3 is 6.18 Å². The van der Waals surface area contributed by atoms with Crippen LogP contribution in [0.1, 0.15) is 5.56 Å². The first-order chi connectivity index (χ1) is 14.4. The van der Waals surface area contributed by atoms with Crippen molar-refractivity contribution in [1.29, 1.82) is 0 Å². The van der Waals surface area contributed by atoms with Crippen molar-refractivity contribution in [2.45, 2.75) is 17.9 Å². The molecule has 0 saturated carbocycles. The maximum Gasteiger partial charge on any atom is 0.418 e. The Bertz CT molecular complexity index is 1140. The van der Waals surface area contributed by atoms with Gasteiger partial charge < -0.3 is 0 Å². The average molecular weight is 451 g/mol. The van der Waals surface area contributed by atoms with E-state index in [-0.39, 0.29) is 11.5 Å². The summed E-state index contributed by atoms with van der Waals surface area (Å²) in [4.78, 5) is 3.88. The summed E-state index contributed by atoms with van der Waals surface area (Å²) in [6.07, 6.45) is -1.54. The molecular weight excluding hydrogens is 437 g/mol. The third kappa shape index (κ3) is 4.34. The molecule has 6 nitrogen and oxygen atoms in total. The third-order valence-corrected chi connectivity index (χ3v) is 5.33. The number of aromatic nitrogens is 6. The highest BCUT2D eigenvalue weighted by molar-refractivity contribution is 7.99. The second kappa shape index (κ2) is 8.49. The molecule has 0 N–H and O–H groups in total. The number of halogens is 4. The summed E-state index contributed by atoms with van der Waals surface area (Å²) in [6.45, 7) is 0.519. The van der Waals surface area contributed by atoms with Crippen molar-refractivity contribution in [2.24, 2.45) is 0 Å². The van der Waals surface area contributed by atoms with Crippen LogP contribution in [0.15, 0.2) is 66.3 Å². The zero-order chi connectivity index (χ0) is 21.1. The summed E-state index contributed by atoms with van der Waals surface area (Å²) < 4.78 is 44.2. The molecule has 4 aromatic rings. The molecule has 11 heteroatoms. The van der Waals surface area contributed by atoms with E-state index in [0.29, 0.717) is 28.0 Å². The molecular formula is C19H14ClF3N6S. The second-order valence-corrected chi connectivity index (χ2v) is 7.67. The average Bonchev–Trinajstić information content (AvgIpc) is 3.37. The van der Waals surface area contributed by atoms with Crippen molar-refractivity contribution < 1.29 is 13.2 Å². The number of hydrogen-bond donors (Lipinski definition) is 0. The minimum Gasteiger partial charge on any atom is -0.269 e. The highest BCUT2D eigenvalue weighted by Gasteiger charge is 2.35. The van der Waals surface area contributed by atoms with Crippen molar-refractivity contribution in [1.82, 2.24) is 29.5 Å². The van der Waals surface area contributed by atoms with Crippen LogP contribution in [-0.4, -0.2) is 35.3 Å². The van der Waals surface area contributed by atoms with Gasteiger partial charge in [-0.3, -0.25) is 9.25 Å². The highest BCUT2D eigenvalue weighted by atomic mass is 35.5. The molecule has 30 heavy (non-hydrogen) atoms. The van der Waals surface area contributed by atoms with E-state index in [1.807, 2.05) is 0 Å². The molecule has 0 spiro atoms. The molecule has 0 radical (unpaired) electrons. The summed E-state index contributed by atoms with van der Waals surface area (Å²) in [6, 6.07) is 12.1.